The molecule has 0 spiro atoms. The second kappa shape index (κ2) is 5.11. The van der Waals surface area contributed by atoms with Gasteiger partial charge >= 0.3 is 0 Å². The average molecular weight is 154 g/mol. The number of carbonyl (C=O) groups excluding carboxylic acids is 1. The summed E-state index contributed by atoms with van der Waals surface area (Å²) < 4.78 is 0. The Morgan fingerprint density at radius 2 is 2.00 bits per heavy atom. The van der Waals surface area contributed by atoms with Crippen LogP contribution in [0.2, 0.25) is 0 Å². The first-order chi connectivity index (χ1) is 5.13. The Morgan fingerprint density at radius 1 is 1.45 bits per heavy atom. The van der Waals surface area contributed by atoms with E-state index < -0.39 is 0 Å². The minimum atomic E-state index is 0.374. The van der Waals surface area contributed by atoms with E-state index >= 15 is 0 Å². The maximum absolute atomic E-state index is 10.6. The van der Waals surface area contributed by atoms with Crippen LogP contribution >= 0.6 is 0 Å². The molecule has 0 saturated carbocycles. The fourth-order valence-electron chi connectivity index (χ4n) is 1.25. The van der Waals surface area contributed by atoms with Gasteiger partial charge in [0.15, 0.2) is 0 Å². The van der Waals surface area contributed by atoms with Crippen molar-refractivity contribution in [3.05, 3.63) is 11.1 Å². The quantitative estimate of drug-likeness (QED) is 0.449. The second-order valence-electron chi connectivity index (χ2n) is 3.26. The van der Waals surface area contributed by atoms with E-state index in [0.717, 1.165) is 24.7 Å². The fourth-order valence-corrected chi connectivity index (χ4v) is 1.25. The molecule has 0 bridgehead atoms. The zero-order valence-electron chi connectivity index (χ0n) is 7.98. The van der Waals surface area contributed by atoms with Gasteiger partial charge in [-0.05, 0) is 24.8 Å². The smallest absolute Gasteiger partial charge is 0.146 e. The largest absolute Gasteiger partial charge is 0.298 e. The van der Waals surface area contributed by atoms with Gasteiger partial charge in [-0.1, -0.05) is 32.8 Å². The van der Waals surface area contributed by atoms with Crippen molar-refractivity contribution in [2.45, 2.75) is 40.5 Å². The summed E-state index contributed by atoms with van der Waals surface area (Å²) >= 11 is 0. The third-order valence-corrected chi connectivity index (χ3v) is 1.87. The molecule has 0 aromatic heterocycles. The van der Waals surface area contributed by atoms with Crippen LogP contribution in [0.5, 0.6) is 0 Å². The summed E-state index contributed by atoms with van der Waals surface area (Å²) in [6.45, 7) is 8.30. The number of aldehydes is 1. The van der Waals surface area contributed by atoms with Crippen LogP contribution in [-0.2, 0) is 4.79 Å². The first-order valence-electron chi connectivity index (χ1n) is 4.28. The Bertz CT molecular complexity index is 154. The molecule has 0 aromatic rings. The zero-order valence-corrected chi connectivity index (χ0v) is 7.98. The predicted molar refractivity (Wildman–Crippen MR) is 48.5 cm³/mol. The van der Waals surface area contributed by atoms with E-state index in [1.165, 1.54) is 5.57 Å². The topological polar surface area (TPSA) is 17.1 Å². The number of allylic oxidation sites excluding steroid dienone is 2. The molecule has 0 aliphatic heterocycles. The van der Waals surface area contributed by atoms with Crippen LogP contribution in [0.1, 0.15) is 40.5 Å². The van der Waals surface area contributed by atoms with Crippen LogP contribution in [0.15, 0.2) is 11.1 Å². The van der Waals surface area contributed by atoms with Crippen LogP contribution < -0.4 is 0 Å². The molecule has 0 rings (SSSR count). The lowest BCUT2D eigenvalue weighted by molar-refractivity contribution is -0.105. The fraction of sp³-hybridized carbons (Fsp3) is 0.700. The molecule has 0 N–H and O–H groups in total. The van der Waals surface area contributed by atoms with Crippen LogP contribution in [0.3, 0.4) is 0 Å². The minimum Gasteiger partial charge on any atom is -0.298 e. The second-order valence-corrected chi connectivity index (χ2v) is 3.26. The Kier molecular flexibility index (Phi) is 4.84. The molecular weight excluding hydrogens is 136 g/mol. The molecule has 1 heteroatoms. The lowest BCUT2D eigenvalue weighted by Gasteiger charge is -2.08. The van der Waals surface area contributed by atoms with E-state index in [1.807, 2.05) is 6.92 Å². The summed E-state index contributed by atoms with van der Waals surface area (Å²) in [5.74, 6) is 0.374. The van der Waals surface area contributed by atoms with Gasteiger partial charge < -0.3 is 0 Å². The van der Waals surface area contributed by atoms with Crippen molar-refractivity contribution >= 4 is 6.29 Å². The summed E-state index contributed by atoms with van der Waals surface area (Å²) in [4.78, 5) is 10.6. The highest BCUT2D eigenvalue weighted by atomic mass is 16.1. The van der Waals surface area contributed by atoms with Crippen LogP contribution in [0, 0.1) is 5.92 Å². The molecule has 0 atom stereocenters. The van der Waals surface area contributed by atoms with E-state index in [4.69, 9.17) is 0 Å². The molecule has 0 saturated heterocycles. The van der Waals surface area contributed by atoms with Gasteiger partial charge in [0.25, 0.3) is 0 Å². The van der Waals surface area contributed by atoms with E-state index in [0.29, 0.717) is 5.92 Å². The highest BCUT2D eigenvalue weighted by Crippen LogP contribution is 2.15. The van der Waals surface area contributed by atoms with E-state index in [2.05, 4.69) is 20.8 Å². The Balaban J connectivity index is 4.39. The highest BCUT2D eigenvalue weighted by molar-refractivity contribution is 5.74. The van der Waals surface area contributed by atoms with Gasteiger partial charge in [-0.25, -0.2) is 0 Å². The molecular formula is C10H18O. The van der Waals surface area contributed by atoms with Crippen LogP contribution in [0.4, 0.5) is 0 Å². The number of rotatable bonds is 4. The number of hydrogen-bond donors (Lipinski definition) is 0. The van der Waals surface area contributed by atoms with E-state index in [-0.39, 0.29) is 0 Å². The van der Waals surface area contributed by atoms with Crippen LogP contribution in [0.25, 0.3) is 0 Å². The van der Waals surface area contributed by atoms with Crippen molar-refractivity contribution in [2.24, 2.45) is 5.92 Å². The average Bonchev–Trinajstić information content (AvgIpc) is 1.88. The van der Waals surface area contributed by atoms with Gasteiger partial charge in [0.2, 0.25) is 0 Å². The normalized spacial score (nSPS) is 13.2. The maximum Gasteiger partial charge on any atom is 0.146 e. The van der Waals surface area contributed by atoms with Crippen molar-refractivity contribution in [1.29, 1.82) is 0 Å². The third kappa shape index (κ3) is 3.35. The first-order valence-corrected chi connectivity index (χ1v) is 4.28. The molecule has 0 aromatic carbocycles. The Morgan fingerprint density at radius 3 is 2.27 bits per heavy atom. The highest BCUT2D eigenvalue weighted by Gasteiger charge is 2.04. The zero-order chi connectivity index (χ0) is 8.85. The minimum absolute atomic E-state index is 0.374. The third-order valence-electron chi connectivity index (χ3n) is 1.87. The summed E-state index contributed by atoms with van der Waals surface area (Å²) in [5, 5.41) is 0. The summed E-state index contributed by atoms with van der Waals surface area (Å²) in [7, 11) is 0. The predicted octanol–water partition coefficient (Wildman–Crippen LogP) is 2.96. The molecule has 0 unspecified atom stereocenters. The SMILES string of the molecule is CCCC(C)=C(C=O)C(C)C. The van der Waals surface area contributed by atoms with Gasteiger partial charge in [0.1, 0.15) is 6.29 Å². The van der Waals surface area contributed by atoms with Crippen molar-refractivity contribution < 1.29 is 4.79 Å². The van der Waals surface area contributed by atoms with Gasteiger partial charge in [-0.3, -0.25) is 4.79 Å². The van der Waals surface area contributed by atoms with Gasteiger partial charge in [-0.2, -0.15) is 0 Å². The number of hydrogen-bond acceptors (Lipinski definition) is 1. The van der Waals surface area contributed by atoms with Gasteiger partial charge in [-0.15, -0.1) is 0 Å². The summed E-state index contributed by atoms with van der Waals surface area (Å²) in [6.07, 6.45) is 3.16. The van der Waals surface area contributed by atoms with Crippen molar-refractivity contribution in [3.8, 4) is 0 Å². The van der Waals surface area contributed by atoms with Crippen LogP contribution in [-0.4, -0.2) is 6.29 Å². The molecule has 0 aliphatic carbocycles. The lowest BCUT2D eigenvalue weighted by Crippen LogP contribution is -1.99. The van der Waals surface area contributed by atoms with Crippen molar-refractivity contribution in [1.82, 2.24) is 0 Å². The number of carbonyl (C=O) groups is 1. The van der Waals surface area contributed by atoms with Gasteiger partial charge in [0.05, 0.1) is 0 Å². The molecule has 0 amide bonds. The first kappa shape index (κ1) is 10.4. The summed E-state index contributed by atoms with van der Waals surface area (Å²) in [5.41, 5.74) is 2.23. The van der Waals surface area contributed by atoms with Gasteiger partial charge in [0, 0.05) is 0 Å². The molecule has 1 nitrogen and oxygen atoms in total. The molecule has 0 radical (unpaired) electrons. The standard InChI is InChI=1S/C10H18O/c1-5-6-9(4)10(7-11)8(2)3/h7-8H,5-6H2,1-4H3. The van der Waals surface area contributed by atoms with Crippen molar-refractivity contribution in [2.75, 3.05) is 0 Å². The molecule has 11 heavy (non-hydrogen) atoms. The van der Waals surface area contributed by atoms with E-state index in [1.54, 1.807) is 0 Å². The molecule has 64 valence electrons. The van der Waals surface area contributed by atoms with Crippen molar-refractivity contribution in [3.63, 3.8) is 0 Å². The monoisotopic (exact) mass is 154 g/mol. The lowest BCUT2D eigenvalue weighted by atomic mass is 9.97. The van der Waals surface area contributed by atoms with E-state index in [9.17, 15) is 4.79 Å². The molecule has 0 aliphatic rings. The Hall–Kier alpha value is -0.590. The molecule has 0 heterocycles. The summed E-state index contributed by atoms with van der Waals surface area (Å²) in [6, 6.07) is 0. The molecule has 0 fully saturated rings. The Labute approximate surface area is 69.5 Å². The maximum atomic E-state index is 10.6.